The number of carbonyl (C=O) groups excluding carboxylic acids is 1. The lowest BCUT2D eigenvalue weighted by molar-refractivity contribution is -0.123. The summed E-state index contributed by atoms with van der Waals surface area (Å²) in [6.45, 7) is 3.83. The normalized spacial score (nSPS) is 17.1. The molecule has 1 amide bonds. The van der Waals surface area contributed by atoms with Gasteiger partial charge in [-0.05, 0) is 38.7 Å². The Morgan fingerprint density at radius 2 is 2.18 bits per heavy atom. The van der Waals surface area contributed by atoms with Gasteiger partial charge in [-0.25, -0.2) is 0 Å². The molecule has 1 aromatic rings. The van der Waals surface area contributed by atoms with Crippen LogP contribution in [-0.4, -0.2) is 11.4 Å². The molecule has 0 spiro atoms. The van der Waals surface area contributed by atoms with Crippen molar-refractivity contribution in [3.8, 4) is 6.07 Å². The molecule has 1 saturated carbocycles. The van der Waals surface area contributed by atoms with E-state index in [-0.39, 0.29) is 5.91 Å². The molecule has 0 atom stereocenters. The van der Waals surface area contributed by atoms with Gasteiger partial charge in [0.1, 0.15) is 11.1 Å². The molecule has 17 heavy (non-hydrogen) atoms. The van der Waals surface area contributed by atoms with Crippen LogP contribution in [0.5, 0.6) is 0 Å². The summed E-state index contributed by atoms with van der Waals surface area (Å²) in [6, 6.07) is 2.13. The average Bonchev–Trinajstić information content (AvgIpc) is 2.51. The average molecular weight is 249 g/mol. The molecule has 1 aromatic heterocycles. The van der Waals surface area contributed by atoms with Crippen molar-refractivity contribution in [1.82, 2.24) is 0 Å². The van der Waals surface area contributed by atoms with Crippen LogP contribution in [0.15, 0.2) is 0 Å². The summed E-state index contributed by atoms with van der Waals surface area (Å²) in [5.41, 5.74) is 6.71. The number of hydrogen-bond acceptors (Lipinski definition) is 4. The summed E-state index contributed by atoms with van der Waals surface area (Å²) in [5.74, 6) is -0.165. The van der Waals surface area contributed by atoms with Gasteiger partial charge in [-0.3, -0.25) is 4.79 Å². The number of nitrogens with two attached hydrogens (primary N) is 1. The molecule has 0 radical (unpaired) electrons. The molecule has 1 aliphatic rings. The van der Waals surface area contributed by atoms with E-state index in [0.717, 1.165) is 29.7 Å². The largest absolute Gasteiger partial charge is 0.317 e. The third-order valence-corrected chi connectivity index (χ3v) is 4.54. The van der Waals surface area contributed by atoms with E-state index in [1.807, 2.05) is 13.8 Å². The van der Waals surface area contributed by atoms with Crippen molar-refractivity contribution in [2.75, 3.05) is 5.32 Å². The predicted molar refractivity (Wildman–Crippen MR) is 67.9 cm³/mol. The number of aryl methyl sites for hydroxylation is 1. The van der Waals surface area contributed by atoms with Gasteiger partial charge >= 0.3 is 0 Å². The van der Waals surface area contributed by atoms with E-state index in [4.69, 9.17) is 11.0 Å². The van der Waals surface area contributed by atoms with E-state index < -0.39 is 5.54 Å². The van der Waals surface area contributed by atoms with Gasteiger partial charge in [0.2, 0.25) is 5.91 Å². The van der Waals surface area contributed by atoms with Crippen LogP contribution in [0, 0.1) is 25.2 Å². The van der Waals surface area contributed by atoms with Gasteiger partial charge in [0.25, 0.3) is 0 Å². The fourth-order valence-electron chi connectivity index (χ4n) is 1.86. The molecule has 0 unspecified atom stereocenters. The van der Waals surface area contributed by atoms with Gasteiger partial charge < -0.3 is 11.1 Å². The van der Waals surface area contributed by atoms with Crippen LogP contribution in [0.25, 0.3) is 0 Å². The Hall–Kier alpha value is -1.38. The number of nitriles is 1. The van der Waals surface area contributed by atoms with Gasteiger partial charge in [-0.1, -0.05) is 0 Å². The second-order valence-electron chi connectivity index (χ2n) is 4.56. The summed E-state index contributed by atoms with van der Waals surface area (Å²) in [6.07, 6.45) is 2.45. The van der Waals surface area contributed by atoms with Crippen molar-refractivity contribution in [2.45, 2.75) is 38.6 Å². The molecule has 1 heterocycles. The Kier molecular flexibility index (Phi) is 2.94. The molecule has 5 heteroatoms. The maximum absolute atomic E-state index is 12.0. The first-order valence-corrected chi connectivity index (χ1v) is 6.40. The van der Waals surface area contributed by atoms with Crippen LogP contribution in [0.3, 0.4) is 0 Å². The number of amides is 1. The molecule has 4 nitrogen and oxygen atoms in total. The van der Waals surface area contributed by atoms with Gasteiger partial charge in [0.15, 0.2) is 0 Å². The number of anilines is 1. The first-order valence-electron chi connectivity index (χ1n) is 5.58. The maximum atomic E-state index is 12.0. The standard InChI is InChI=1S/C12H15N3OS/c1-7-8(2)17-10(9(7)6-13)15-11(16)12(14)4-3-5-12/h3-5,14H2,1-2H3,(H,15,16). The van der Waals surface area contributed by atoms with Crippen LogP contribution in [0.2, 0.25) is 0 Å². The molecule has 0 aromatic carbocycles. The quantitative estimate of drug-likeness (QED) is 0.842. The van der Waals surface area contributed by atoms with E-state index >= 15 is 0 Å². The highest BCUT2D eigenvalue weighted by Gasteiger charge is 2.40. The lowest BCUT2D eigenvalue weighted by Crippen LogP contribution is -2.56. The zero-order chi connectivity index (χ0) is 12.6. The zero-order valence-electron chi connectivity index (χ0n) is 9.96. The number of nitrogens with zero attached hydrogens (tertiary/aromatic N) is 1. The molecule has 90 valence electrons. The molecule has 0 aliphatic heterocycles. The van der Waals surface area contributed by atoms with E-state index in [2.05, 4.69) is 11.4 Å². The lowest BCUT2D eigenvalue weighted by Gasteiger charge is -2.35. The van der Waals surface area contributed by atoms with Crippen LogP contribution < -0.4 is 11.1 Å². The highest BCUT2D eigenvalue weighted by Crippen LogP contribution is 2.35. The second-order valence-corrected chi connectivity index (χ2v) is 5.79. The summed E-state index contributed by atoms with van der Waals surface area (Å²) >= 11 is 1.43. The smallest absolute Gasteiger partial charge is 0.245 e. The Labute approximate surface area is 104 Å². The highest BCUT2D eigenvalue weighted by atomic mass is 32.1. The number of nitrogens with one attached hydrogen (secondary N) is 1. The van der Waals surface area contributed by atoms with Crippen LogP contribution >= 0.6 is 11.3 Å². The Balaban J connectivity index is 2.22. The summed E-state index contributed by atoms with van der Waals surface area (Å²) < 4.78 is 0. The fraction of sp³-hybridized carbons (Fsp3) is 0.500. The third kappa shape index (κ3) is 1.94. The molecule has 0 saturated heterocycles. The molecule has 1 aliphatic carbocycles. The van der Waals surface area contributed by atoms with Crippen LogP contribution in [0.1, 0.15) is 35.3 Å². The van der Waals surface area contributed by atoms with Gasteiger partial charge in [0.05, 0.1) is 11.1 Å². The van der Waals surface area contributed by atoms with E-state index in [9.17, 15) is 4.79 Å². The Morgan fingerprint density at radius 3 is 2.65 bits per heavy atom. The van der Waals surface area contributed by atoms with Crippen molar-refractivity contribution in [1.29, 1.82) is 5.26 Å². The minimum absolute atomic E-state index is 0.165. The Morgan fingerprint density at radius 1 is 1.53 bits per heavy atom. The number of carbonyl (C=O) groups is 1. The second kappa shape index (κ2) is 4.13. The number of hydrogen-bond donors (Lipinski definition) is 2. The highest BCUT2D eigenvalue weighted by molar-refractivity contribution is 7.16. The predicted octanol–water partition coefficient (Wildman–Crippen LogP) is 2.06. The number of thiophene rings is 1. The molecule has 0 bridgehead atoms. The van der Waals surface area contributed by atoms with E-state index in [1.54, 1.807) is 0 Å². The minimum Gasteiger partial charge on any atom is -0.317 e. The third-order valence-electron chi connectivity index (χ3n) is 3.42. The first kappa shape index (κ1) is 12.1. The minimum atomic E-state index is -0.724. The van der Waals surface area contributed by atoms with Crippen molar-refractivity contribution < 1.29 is 4.79 Å². The van der Waals surface area contributed by atoms with Crippen molar-refractivity contribution in [3.63, 3.8) is 0 Å². The monoisotopic (exact) mass is 249 g/mol. The van der Waals surface area contributed by atoms with E-state index in [1.165, 1.54) is 11.3 Å². The van der Waals surface area contributed by atoms with Gasteiger partial charge in [0, 0.05) is 4.88 Å². The van der Waals surface area contributed by atoms with Crippen LogP contribution in [-0.2, 0) is 4.79 Å². The summed E-state index contributed by atoms with van der Waals surface area (Å²) in [5, 5.41) is 12.5. The van der Waals surface area contributed by atoms with Crippen molar-refractivity contribution in [2.24, 2.45) is 5.73 Å². The lowest BCUT2D eigenvalue weighted by atomic mass is 9.77. The van der Waals surface area contributed by atoms with Gasteiger partial charge in [-0.2, -0.15) is 5.26 Å². The molecule has 2 rings (SSSR count). The van der Waals surface area contributed by atoms with Crippen molar-refractivity contribution in [3.05, 3.63) is 16.0 Å². The summed E-state index contributed by atoms with van der Waals surface area (Å²) in [4.78, 5) is 13.0. The first-order chi connectivity index (χ1) is 7.98. The Bertz CT molecular complexity index is 509. The molecular formula is C12H15N3OS. The SMILES string of the molecule is Cc1sc(NC(=O)C2(N)CCC2)c(C#N)c1C. The van der Waals surface area contributed by atoms with Crippen LogP contribution in [0.4, 0.5) is 5.00 Å². The maximum Gasteiger partial charge on any atom is 0.245 e. The van der Waals surface area contributed by atoms with E-state index in [0.29, 0.717) is 10.6 Å². The fourth-order valence-corrected chi connectivity index (χ4v) is 2.87. The van der Waals surface area contributed by atoms with Gasteiger partial charge in [-0.15, -0.1) is 11.3 Å². The molecular weight excluding hydrogens is 234 g/mol. The molecule has 3 N–H and O–H groups in total. The molecule has 1 fully saturated rings. The topological polar surface area (TPSA) is 78.9 Å². The number of rotatable bonds is 2. The zero-order valence-corrected chi connectivity index (χ0v) is 10.8. The summed E-state index contributed by atoms with van der Waals surface area (Å²) in [7, 11) is 0. The van der Waals surface area contributed by atoms with Crippen molar-refractivity contribution >= 4 is 22.2 Å².